The number of benzene rings is 1. The monoisotopic (exact) mass is 291 g/mol. The molecule has 3 nitrogen and oxygen atoms in total. The normalized spacial score (nSPS) is 11.7. The second kappa shape index (κ2) is 5.96. The Hall–Kier alpha value is -1.41. The molecule has 0 saturated carbocycles. The molecule has 1 rings (SSSR count). The van der Waals surface area contributed by atoms with E-state index in [-0.39, 0.29) is 12.4 Å². The highest BCUT2D eigenvalue weighted by molar-refractivity contribution is 5.85. The zero-order chi connectivity index (χ0) is 13.3. The van der Waals surface area contributed by atoms with Crippen molar-refractivity contribution in [2.24, 2.45) is 5.73 Å². The summed E-state index contributed by atoms with van der Waals surface area (Å²) in [4.78, 5) is 10.9. The van der Waals surface area contributed by atoms with Crippen molar-refractivity contribution >= 4 is 18.4 Å². The fourth-order valence-corrected chi connectivity index (χ4v) is 1.14. The van der Waals surface area contributed by atoms with Crippen LogP contribution in [0.1, 0.15) is 11.6 Å². The molecule has 102 valence electrons. The maximum Gasteiger partial charge on any atom is 0.327 e. The van der Waals surface area contributed by atoms with E-state index in [1.165, 1.54) is 0 Å². The van der Waals surface area contributed by atoms with Gasteiger partial charge in [-0.2, -0.15) is 0 Å². The molecule has 0 radical (unpaired) electrons. The summed E-state index contributed by atoms with van der Waals surface area (Å²) in [5, 5.41) is 0. The van der Waals surface area contributed by atoms with Crippen LogP contribution >= 0.6 is 12.4 Å². The third-order valence-electron chi connectivity index (χ3n) is 2.01. The highest BCUT2D eigenvalue weighted by Gasteiger charge is 2.32. The Morgan fingerprint density at radius 1 is 1.00 bits per heavy atom. The molecule has 0 amide bonds. The Bertz CT molecular complexity index is 454. The summed E-state index contributed by atoms with van der Waals surface area (Å²) < 4.78 is 68.5. The molecule has 2 N–H and O–H groups in total. The van der Waals surface area contributed by atoms with Crippen LogP contribution < -0.4 is 5.73 Å². The van der Waals surface area contributed by atoms with E-state index in [4.69, 9.17) is 5.73 Å². The number of ether oxygens (including phenoxy) is 1. The number of esters is 1. The molecule has 0 heterocycles. The predicted molar refractivity (Wildman–Crippen MR) is 52.4 cm³/mol. The van der Waals surface area contributed by atoms with Crippen LogP contribution in [0, 0.1) is 29.1 Å². The fraction of sp³-hybridized carbons (Fsp3) is 0.222. The van der Waals surface area contributed by atoms with Crippen LogP contribution in [-0.4, -0.2) is 13.1 Å². The highest BCUT2D eigenvalue weighted by Crippen LogP contribution is 2.27. The number of hydrogen-bond acceptors (Lipinski definition) is 3. The summed E-state index contributed by atoms with van der Waals surface area (Å²) in [5.74, 6) is -12.3. The maximum atomic E-state index is 13.1. The third-order valence-corrected chi connectivity index (χ3v) is 2.01. The molecule has 0 aliphatic heterocycles. The topological polar surface area (TPSA) is 52.3 Å². The molecule has 9 heteroatoms. The van der Waals surface area contributed by atoms with E-state index in [1.54, 1.807) is 0 Å². The Labute approximate surface area is 104 Å². The quantitative estimate of drug-likeness (QED) is 0.392. The van der Waals surface area contributed by atoms with Gasteiger partial charge in [-0.1, -0.05) is 0 Å². The lowest BCUT2D eigenvalue weighted by Gasteiger charge is -2.13. The van der Waals surface area contributed by atoms with Gasteiger partial charge in [0.1, 0.15) is 6.04 Å². The van der Waals surface area contributed by atoms with Crippen LogP contribution in [0.15, 0.2) is 0 Å². The number of nitrogens with two attached hydrogens (primary N) is 1. The van der Waals surface area contributed by atoms with Gasteiger partial charge < -0.3 is 10.5 Å². The first kappa shape index (κ1) is 16.6. The van der Waals surface area contributed by atoms with Crippen molar-refractivity contribution in [1.82, 2.24) is 0 Å². The van der Waals surface area contributed by atoms with Gasteiger partial charge >= 0.3 is 5.97 Å². The van der Waals surface area contributed by atoms with Gasteiger partial charge in [0.2, 0.25) is 5.82 Å². The van der Waals surface area contributed by atoms with Gasteiger partial charge in [-0.15, -0.1) is 12.4 Å². The summed E-state index contributed by atoms with van der Waals surface area (Å²) in [5.41, 5.74) is 3.61. The highest BCUT2D eigenvalue weighted by atomic mass is 35.5. The van der Waals surface area contributed by atoms with Crippen molar-refractivity contribution in [1.29, 1.82) is 0 Å². The van der Waals surface area contributed by atoms with Crippen molar-refractivity contribution < 1.29 is 31.5 Å². The zero-order valence-electron chi connectivity index (χ0n) is 8.77. The number of carbonyl (C=O) groups excluding carboxylic acids is 1. The molecule has 0 spiro atoms. The Morgan fingerprint density at radius 3 is 1.67 bits per heavy atom. The van der Waals surface area contributed by atoms with Crippen LogP contribution in [0.4, 0.5) is 22.0 Å². The van der Waals surface area contributed by atoms with Crippen LogP contribution in [0.25, 0.3) is 0 Å². The standard InChI is InChI=1S/C9H6F5NO2.ClH/c1-17-9(16)8(15)2-3(10)5(12)7(14)6(13)4(2)11;/h8H,15H2,1H3;1H/t8-;/m0./s1. The summed E-state index contributed by atoms with van der Waals surface area (Å²) in [6.45, 7) is 0. The van der Waals surface area contributed by atoms with Gasteiger partial charge in [0.15, 0.2) is 23.3 Å². The minimum Gasteiger partial charge on any atom is -0.468 e. The molecule has 0 aliphatic carbocycles. The number of carbonyl (C=O) groups is 1. The Morgan fingerprint density at radius 2 is 1.33 bits per heavy atom. The molecule has 1 atom stereocenters. The lowest BCUT2D eigenvalue weighted by molar-refractivity contribution is -0.142. The van der Waals surface area contributed by atoms with Gasteiger partial charge in [-0.25, -0.2) is 22.0 Å². The van der Waals surface area contributed by atoms with E-state index < -0.39 is 46.7 Å². The SMILES string of the molecule is COC(=O)[C@@H](N)c1c(F)c(F)c(F)c(F)c1F.Cl. The predicted octanol–water partition coefficient (Wildman–Crippen LogP) is 1.98. The first-order valence-electron chi connectivity index (χ1n) is 4.17. The zero-order valence-corrected chi connectivity index (χ0v) is 9.59. The van der Waals surface area contributed by atoms with Crippen LogP contribution in [0.3, 0.4) is 0 Å². The van der Waals surface area contributed by atoms with Crippen molar-refractivity contribution in [3.63, 3.8) is 0 Å². The number of rotatable bonds is 2. The van der Waals surface area contributed by atoms with Gasteiger partial charge in [-0.05, 0) is 0 Å². The van der Waals surface area contributed by atoms with Crippen molar-refractivity contribution in [2.45, 2.75) is 6.04 Å². The molecule has 0 unspecified atom stereocenters. The number of halogens is 6. The Kier molecular flexibility index (Phi) is 5.50. The second-order valence-electron chi connectivity index (χ2n) is 2.98. The molecule has 0 aliphatic rings. The lowest BCUT2D eigenvalue weighted by atomic mass is 10.1. The van der Waals surface area contributed by atoms with E-state index in [2.05, 4.69) is 4.74 Å². The van der Waals surface area contributed by atoms with Crippen molar-refractivity contribution in [3.8, 4) is 0 Å². The molecule has 18 heavy (non-hydrogen) atoms. The summed E-state index contributed by atoms with van der Waals surface area (Å²) in [6, 6.07) is -2.09. The fourth-order valence-electron chi connectivity index (χ4n) is 1.14. The minimum atomic E-state index is -2.32. The second-order valence-corrected chi connectivity index (χ2v) is 2.98. The smallest absolute Gasteiger partial charge is 0.327 e. The average Bonchev–Trinajstić information content (AvgIpc) is 2.32. The molecular weight excluding hydrogens is 285 g/mol. The first-order chi connectivity index (χ1) is 7.82. The molecule has 0 bridgehead atoms. The lowest BCUT2D eigenvalue weighted by Crippen LogP contribution is -2.26. The van der Waals surface area contributed by atoms with Crippen LogP contribution in [0.2, 0.25) is 0 Å². The van der Waals surface area contributed by atoms with Crippen molar-refractivity contribution in [3.05, 3.63) is 34.6 Å². The molecule has 0 fully saturated rings. The van der Waals surface area contributed by atoms with E-state index in [0.29, 0.717) is 0 Å². The largest absolute Gasteiger partial charge is 0.468 e. The summed E-state index contributed by atoms with van der Waals surface area (Å²) in [6.07, 6.45) is 0. The van der Waals surface area contributed by atoms with Gasteiger partial charge in [-0.3, -0.25) is 4.79 Å². The average molecular weight is 292 g/mol. The number of methoxy groups -OCH3 is 1. The molecule has 0 aromatic heterocycles. The summed E-state index contributed by atoms with van der Waals surface area (Å²) >= 11 is 0. The minimum absolute atomic E-state index is 0. The maximum absolute atomic E-state index is 13.1. The molecule has 1 aromatic carbocycles. The van der Waals surface area contributed by atoms with E-state index >= 15 is 0 Å². The molecule has 1 aromatic rings. The molecular formula is C9H7ClF5NO2. The summed E-state index contributed by atoms with van der Waals surface area (Å²) in [7, 11) is 0.855. The van der Waals surface area contributed by atoms with Crippen LogP contribution in [-0.2, 0) is 9.53 Å². The van der Waals surface area contributed by atoms with Crippen LogP contribution in [0.5, 0.6) is 0 Å². The third kappa shape index (κ3) is 2.54. The van der Waals surface area contributed by atoms with Gasteiger partial charge in [0.25, 0.3) is 0 Å². The Balaban J connectivity index is 0.00000289. The molecule has 0 saturated heterocycles. The van der Waals surface area contributed by atoms with E-state index in [0.717, 1.165) is 7.11 Å². The van der Waals surface area contributed by atoms with Crippen molar-refractivity contribution in [2.75, 3.05) is 7.11 Å². The number of hydrogen-bond donors (Lipinski definition) is 1. The van der Waals surface area contributed by atoms with Gasteiger partial charge in [0.05, 0.1) is 12.7 Å². The van der Waals surface area contributed by atoms with E-state index in [9.17, 15) is 26.7 Å². The first-order valence-corrected chi connectivity index (χ1v) is 4.17. The van der Waals surface area contributed by atoms with E-state index in [1.807, 2.05) is 0 Å². The van der Waals surface area contributed by atoms with Gasteiger partial charge in [0, 0.05) is 0 Å².